The fourth-order valence-corrected chi connectivity index (χ4v) is 3.68. The first-order valence-electron chi connectivity index (χ1n) is 6.61. The molecular weight excluding hydrogens is 316 g/mol. The van der Waals surface area contributed by atoms with Gasteiger partial charge >= 0.3 is 0 Å². The van der Waals surface area contributed by atoms with Gasteiger partial charge in [0.15, 0.2) is 0 Å². The molecule has 0 spiro atoms. The minimum atomic E-state index is -3.57. The lowest BCUT2D eigenvalue weighted by Gasteiger charge is -2.31. The molecule has 1 aliphatic rings. The summed E-state index contributed by atoms with van der Waals surface area (Å²) in [6, 6.07) is 0. The number of nitrogens with zero attached hydrogens (tertiary/aromatic N) is 3. The number of hydrogen-bond acceptors (Lipinski definition) is 5. The predicted octanol–water partition coefficient (Wildman–Crippen LogP) is 0.667. The molecule has 0 bridgehead atoms. The van der Waals surface area contributed by atoms with Gasteiger partial charge in [-0.2, -0.15) is 4.31 Å². The maximum atomic E-state index is 12.4. The van der Waals surface area contributed by atoms with Gasteiger partial charge in [0, 0.05) is 26.6 Å². The molecule has 7 nitrogen and oxygen atoms in total. The molecule has 0 aromatic carbocycles. The number of sulfonamides is 1. The second kappa shape index (κ2) is 6.67. The molecule has 1 aliphatic heterocycles. The molecule has 1 aromatic heterocycles. The van der Waals surface area contributed by atoms with Crippen molar-refractivity contribution >= 4 is 27.5 Å². The maximum absolute atomic E-state index is 12.4. The Hall–Kier alpha value is -1.25. The molecule has 0 atom stereocenters. The zero-order valence-electron chi connectivity index (χ0n) is 11.6. The fourth-order valence-electron chi connectivity index (χ4n) is 2.22. The van der Waals surface area contributed by atoms with Crippen molar-refractivity contribution in [3.63, 3.8) is 0 Å². The van der Waals surface area contributed by atoms with E-state index in [4.69, 9.17) is 11.6 Å². The number of rotatable bonds is 4. The van der Waals surface area contributed by atoms with Crippen molar-refractivity contribution < 1.29 is 13.2 Å². The maximum Gasteiger partial charge on any atom is 0.246 e. The van der Waals surface area contributed by atoms with Crippen LogP contribution in [0.3, 0.4) is 0 Å². The molecule has 1 aromatic rings. The molecule has 21 heavy (non-hydrogen) atoms. The van der Waals surface area contributed by atoms with E-state index in [1.165, 1.54) is 23.6 Å². The summed E-state index contributed by atoms with van der Waals surface area (Å²) in [7, 11) is -3.57. The highest BCUT2D eigenvalue weighted by atomic mass is 35.5. The molecule has 0 radical (unpaired) electrons. The molecule has 9 heteroatoms. The van der Waals surface area contributed by atoms with Crippen LogP contribution in [0.15, 0.2) is 17.3 Å². The molecule has 0 aliphatic carbocycles. The third kappa shape index (κ3) is 4.12. The lowest BCUT2D eigenvalue weighted by atomic mass is 9.98. The highest BCUT2D eigenvalue weighted by Gasteiger charge is 2.29. The smallest absolute Gasteiger partial charge is 0.246 e. The van der Waals surface area contributed by atoms with Gasteiger partial charge in [0.2, 0.25) is 21.2 Å². The van der Waals surface area contributed by atoms with E-state index in [-0.39, 0.29) is 16.1 Å². The Morgan fingerprint density at radius 2 is 1.95 bits per heavy atom. The molecule has 2 rings (SSSR count). The van der Waals surface area contributed by atoms with Crippen molar-refractivity contribution in [2.24, 2.45) is 5.92 Å². The van der Waals surface area contributed by atoms with Crippen LogP contribution in [-0.4, -0.2) is 48.2 Å². The Morgan fingerprint density at radius 1 is 1.38 bits per heavy atom. The summed E-state index contributed by atoms with van der Waals surface area (Å²) in [5.41, 5.74) is 0. The van der Waals surface area contributed by atoms with Crippen LogP contribution >= 0.6 is 11.6 Å². The summed E-state index contributed by atoms with van der Waals surface area (Å²) in [5, 5.41) is 2.78. The van der Waals surface area contributed by atoms with Crippen LogP contribution in [0.1, 0.15) is 19.8 Å². The van der Waals surface area contributed by atoms with E-state index in [0.29, 0.717) is 38.4 Å². The van der Waals surface area contributed by atoms with E-state index >= 15 is 0 Å². The molecular formula is C12H17ClN4O3S. The topological polar surface area (TPSA) is 92.3 Å². The molecule has 116 valence electrons. The lowest BCUT2D eigenvalue weighted by Crippen LogP contribution is -2.41. The summed E-state index contributed by atoms with van der Waals surface area (Å²) < 4.78 is 26.2. The van der Waals surface area contributed by atoms with Crippen LogP contribution in [-0.2, 0) is 14.8 Å². The standard InChI is InChI=1S/C12H17ClN4O3S/c1-9(18)14-6-10-2-4-17(5-3-10)21(19,20)11-7-15-12(13)16-8-11/h7-8,10H,2-6H2,1H3,(H,14,18). The van der Waals surface area contributed by atoms with Crippen LogP contribution in [0.2, 0.25) is 5.28 Å². The third-order valence-corrected chi connectivity index (χ3v) is 5.49. The summed E-state index contributed by atoms with van der Waals surface area (Å²) in [6.07, 6.45) is 3.87. The lowest BCUT2D eigenvalue weighted by molar-refractivity contribution is -0.119. The van der Waals surface area contributed by atoms with Gasteiger partial charge in [-0.25, -0.2) is 18.4 Å². The second-order valence-electron chi connectivity index (χ2n) is 4.97. The molecule has 1 fully saturated rings. The van der Waals surface area contributed by atoms with Crippen LogP contribution in [0.4, 0.5) is 0 Å². The van der Waals surface area contributed by atoms with Gasteiger partial charge in [0.25, 0.3) is 0 Å². The number of carbonyl (C=O) groups is 1. The third-order valence-electron chi connectivity index (χ3n) is 3.45. The van der Waals surface area contributed by atoms with E-state index in [1.54, 1.807) is 0 Å². The van der Waals surface area contributed by atoms with E-state index in [9.17, 15) is 13.2 Å². The Labute approximate surface area is 128 Å². The minimum Gasteiger partial charge on any atom is -0.356 e. The monoisotopic (exact) mass is 332 g/mol. The van der Waals surface area contributed by atoms with Gasteiger partial charge in [0.1, 0.15) is 4.90 Å². The van der Waals surface area contributed by atoms with Gasteiger partial charge in [-0.3, -0.25) is 4.79 Å². The predicted molar refractivity (Wildman–Crippen MR) is 77.2 cm³/mol. The Kier molecular flexibility index (Phi) is 5.13. The quantitative estimate of drug-likeness (QED) is 0.818. The molecule has 2 heterocycles. The molecule has 0 saturated carbocycles. The molecule has 1 N–H and O–H groups in total. The highest BCUT2D eigenvalue weighted by Crippen LogP contribution is 2.23. The summed E-state index contributed by atoms with van der Waals surface area (Å²) in [4.78, 5) is 18.3. The fraction of sp³-hybridized carbons (Fsp3) is 0.583. The number of piperidine rings is 1. The van der Waals surface area contributed by atoms with Gasteiger partial charge in [-0.1, -0.05) is 0 Å². The molecule has 1 saturated heterocycles. The first-order chi connectivity index (χ1) is 9.89. The Bertz CT molecular complexity index is 597. The molecule has 0 unspecified atom stereocenters. The Morgan fingerprint density at radius 3 is 2.48 bits per heavy atom. The zero-order chi connectivity index (χ0) is 15.5. The number of amides is 1. The number of halogens is 1. The molecule has 1 amide bonds. The average Bonchev–Trinajstić information content (AvgIpc) is 2.46. The largest absolute Gasteiger partial charge is 0.356 e. The van der Waals surface area contributed by atoms with E-state index in [2.05, 4.69) is 15.3 Å². The second-order valence-corrected chi connectivity index (χ2v) is 7.25. The van der Waals surface area contributed by atoms with E-state index in [0.717, 1.165) is 0 Å². The van der Waals surface area contributed by atoms with Gasteiger partial charge in [0.05, 0.1) is 12.4 Å². The number of aromatic nitrogens is 2. The number of carbonyl (C=O) groups excluding carboxylic acids is 1. The number of nitrogens with one attached hydrogen (secondary N) is 1. The van der Waals surface area contributed by atoms with Crippen LogP contribution in [0, 0.1) is 5.92 Å². The van der Waals surface area contributed by atoms with Crippen molar-refractivity contribution in [1.29, 1.82) is 0 Å². The number of hydrogen-bond donors (Lipinski definition) is 1. The van der Waals surface area contributed by atoms with E-state index in [1.807, 2.05) is 0 Å². The normalized spacial score (nSPS) is 17.6. The SMILES string of the molecule is CC(=O)NCC1CCN(S(=O)(=O)c2cnc(Cl)nc2)CC1. The average molecular weight is 333 g/mol. The van der Waals surface area contributed by atoms with Gasteiger partial charge < -0.3 is 5.32 Å². The summed E-state index contributed by atoms with van der Waals surface area (Å²) in [6.45, 7) is 2.91. The van der Waals surface area contributed by atoms with Crippen LogP contribution in [0.5, 0.6) is 0 Å². The van der Waals surface area contributed by atoms with Crippen LogP contribution < -0.4 is 5.32 Å². The highest BCUT2D eigenvalue weighted by molar-refractivity contribution is 7.89. The van der Waals surface area contributed by atoms with Crippen molar-refractivity contribution in [1.82, 2.24) is 19.6 Å². The van der Waals surface area contributed by atoms with Gasteiger partial charge in [-0.05, 0) is 30.4 Å². The van der Waals surface area contributed by atoms with Crippen molar-refractivity contribution in [2.45, 2.75) is 24.7 Å². The van der Waals surface area contributed by atoms with Crippen LogP contribution in [0.25, 0.3) is 0 Å². The van der Waals surface area contributed by atoms with Crippen molar-refractivity contribution in [3.05, 3.63) is 17.7 Å². The van der Waals surface area contributed by atoms with Crippen molar-refractivity contribution in [2.75, 3.05) is 19.6 Å². The summed E-state index contributed by atoms with van der Waals surface area (Å²) >= 11 is 5.56. The van der Waals surface area contributed by atoms with Crippen molar-refractivity contribution in [3.8, 4) is 0 Å². The Balaban J connectivity index is 1.97. The first-order valence-corrected chi connectivity index (χ1v) is 8.43. The zero-order valence-corrected chi connectivity index (χ0v) is 13.2. The summed E-state index contributed by atoms with van der Waals surface area (Å²) in [5.74, 6) is 0.241. The van der Waals surface area contributed by atoms with Gasteiger partial charge in [-0.15, -0.1) is 0 Å². The minimum absolute atomic E-state index is 0.0166. The van der Waals surface area contributed by atoms with E-state index < -0.39 is 10.0 Å². The first kappa shape index (κ1) is 16.1.